The van der Waals surface area contributed by atoms with Crippen molar-refractivity contribution in [2.75, 3.05) is 5.73 Å². The summed E-state index contributed by atoms with van der Waals surface area (Å²) in [5.41, 5.74) is 3.76. The monoisotopic (exact) mass is 314 g/mol. The van der Waals surface area contributed by atoms with Gasteiger partial charge in [-0.2, -0.15) is 13.2 Å². The van der Waals surface area contributed by atoms with Gasteiger partial charge in [0.1, 0.15) is 0 Å². The van der Waals surface area contributed by atoms with Crippen molar-refractivity contribution in [2.45, 2.75) is 19.1 Å². The number of rotatable bonds is 3. The van der Waals surface area contributed by atoms with E-state index in [9.17, 15) is 18.0 Å². The Morgan fingerprint density at radius 3 is 2.57 bits per heavy atom. The second kappa shape index (κ2) is 5.77. The lowest BCUT2D eigenvalue weighted by atomic mass is 10.1. The SMILES string of the molecule is CC(NC(=O)c1cccc(C(F)(F)F)c1N)c1cccs1. The fraction of sp³-hybridized carbons (Fsp3) is 0.214. The molecule has 1 atom stereocenters. The van der Waals surface area contributed by atoms with Crippen LogP contribution in [0.15, 0.2) is 35.7 Å². The van der Waals surface area contributed by atoms with Crippen molar-refractivity contribution < 1.29 is 18.0 Å². The van der Waals surface area contributed by atoms with E-state index in [1.165, 1.54) is 23.5 Å². The van der Waals surface area contributed by atoms with Crippen LogP contribution in [0.2, 0.25) is 0 Å². The van der Waals surface area contributed by atoms with Crippen LogP contribution in [0.3, 0.4) is 0 Å². The zero-order valence-corrected chi connectivity index (χ0v) is 11.9. The van der Waals surface area contributed by atoms with Gasteiger partial charge in [0.15, 0.2) is 0 Å². The van der Waals surface area contributed by atoms with E-state index in [0.717, 1.165) is 10.9 Å². The Kier molecular flexibility index (Phi) is 4.22. The third kappa shape index (κ3) is 3.36. The molecule has 0 aliphatic rings. The summed E-state index contributed by atoms with van der Waals surface area (Å²) < 4.78 is 38.3. The first kappa shape index (κ1) is 15.4. The Morgan fingerprint density at radius 1 is 1.29 bits per heavy atom. The second-order valence-corrected chi connectivity index (χ2v) is 5.45. The van der Waals surface area contributed by atoms with E-state index >= 15 is 0 Å². The van der Waals surface area contributed by atoms with E-state index in [2.05, 4.69) is 5.32 Å². The van der Waals surface area contributed by atoms with Crippen LogP contribution in [-0.4, -0.2) is 5.91 Å². The minimum absolute atomic E-state index is 0.173. The predicted octanol–water partition coefficient (Wildman–Crippen LogP) is 3.84. The average molecular weight is 314 g/mol. The fourth-order valence-electron chi connectivity index (χ4n) is 1.89. The number of hydrogen-bond acceptors (Lipinski definition) is 3. The maximum atomic E-state index is 12.8. The van der Waals surface area contributed by atoms with Crippen molar-refractivity contribution >= 4 is 22.9 Å². The summed E-state index contributed by atoms with van der Waals surface area (Å²) >= 11 is 1.45. The number of amides is 1. The van der Waals surface area contributed by atoms with Gasteiger partial charge in [0.05, 0.1) is 22.9 Å². The minimum atomic E-state index is -4.58. The molecule has 3 N–H and O–H groups in total. The molecule has 112 valence electrons. The molecule has 7 heteroatoms. The lowest BCUT2D eigenvalue weighted by molar-refractivity contribution is -0.136. The van der Waals surface area contributed by atoms with Crippen LogP contribution in [0.1, 0.15) is 33.8 Å². The number of anilines is 1. The van der Waals surface area contributed by atoms with Crippen molar-refractivity contribution in [3.8, 4) is 0 Å². The second-order valence-electron chi connectivity index (χ2n) is 4.48. The molecule has 2 rings (SSSR count). The maximum absolute atomic E-state index is 12.8. The summed E-state index contributed by atoms with van der Waals surface area (Å²) in [5.74, 6) is -0.625. The summed E-state index contributed by atoms with van der Waals surface area (Å²) in [6, 6.07) is 6.68. The van der Waals surface area contributed by atoms with Gasteiger partial charge < -0.3 is 11.1 Å². The largest absolute Gasteiger partial charge is 0.418 e. The third-order valence-corrected chi connectivity index (χ3v) is 4.03. The van der Waals surface area contributed by atoms with Crippen molar-refractivity contribution in [1.29, 1.82) is 0 Å². The molecule has 1 aromatic carbocycles. The standard InChI is InChI=1S/C14H13F3N2OS/c1-8(11-6-3-7-21-11)19-13(20)9-4-2-5-10(12(9)18)14(15,16)17/h2-8H,18H2,1H3,(H,19,20). The van der Waals surface area contributed by atoms with Gasteiger partial charge in [-0.15, -0.1) is 11.3 Å². The van der Waals surface area contributed by atoms with Crippen LogP contribution in [0.4, 0.5) is 18.9 Å². The molecule has 21 heavy (non-hydrogen) atoms. The van der Waals surface area contributed by atoms with Crippen LogP contribution in [0.25, 0.3) is 0 Å². The number of carbonyl (C=O) groups is 1. The molecule has 0 fully saturated rings. The van der Waals surface area contributed by atoms with Gasteiger partial charge in [0, 0.05) is 4.88 Å². The van der Waals surface area contributed by atoms with E-state index in [-0.39, 0.29) is 11.6 Å². The topological polar surface area (TPSA) is 55.1 Å². The molecule has 2 aromatic rings. The molecule has 1 aromatic heterocycles. The quantitative estimate of drug-likeness (QED) is 0.846. The summed E-state index contributed by atoms with van der Waals surface area (Å²) in [6.07, 6.45) is -4.58. The molecule has 3 nitrogen and oxygen atoms in total. The summed E-state index contributed by atoms with van der Waals surface area (Å²) in [6.45, 7) is 1.76. The Bertz CT molecular complexity index is 638. The Hall–Kier alpha value is -2.02. The number of nitrogens with two attached hydrogens (primary N) is 1. The highest BCUT2D eigenvalue weighted by atomic mass is 32.1. The third-order valence-electron chi connectivity index (χ3n) is 2.97. The van der Waals surface area contributed by atoms with Crippen LogP contribution >= 0.6 is 11.3 Å². The van der Waals surface area contributed by atoms with Gasteiger partial charge in [-0.25, -0.2) is 0 Å². The number of thiophene rings is 1. The molecule has 1 unspecified atom stereocenters. The number of alkyl halides is 3. The van der Waals surface area contributed by atoms with Gasteiger partial charge in [-0.1, -0.05) is 12.1 Å². The highest BCUT2D eigenvalue weighted by Crippen LogP contribution is 2.35. The number of hydrogen-bond donors (Lipinski definition) is 2. The van der Waals surface area contributed by atoms with E-state index in [0.29, 0.717) is 0 Å². The van der Waals surface area contributed by atoms with Crippen molar-refractivity contribution in [2.24, 2.45) is 0 Å². The van der Waals surface area contributed by atoms with E-state index in [1.807, 2.05) is 17.5 Å². The molecule has 0 bridgehead atoms. The summed E-state index contributed by atoms with van der Waals surface area (Å²) in [4.78, 5) is 13.0. The van der Waals surface area contributed by atoms with Gasteiger partial charge in [0.25, 0.3) is 5.91 Å². The molecule has 0 aliphatic heterocycles. The number of halogens is 3. The molecule has 1 amide bonds. The smallest absolute Gasteiger partial charge is 0.398 e. The first-order chi connectivity index (χ1) is 9.80. The zero-order chi connectivity index (χ0) is 15.6. The molecule has 0 saturated carbocycles. The first-order valence-corrected chi connectivity index (χ1v) is 6.98. The number of nitrogen functional groups attached to an aromatic ring is 1. The van der Waals surface area contributed by atoms with E-state index < -0.39 is 23.3 Å². The van der Waals surface area contributed by atoms with Gasteiger partial charge in [0.2, 0.25) is 0 Å². The van der Waals surface area contributed by atoms with E-state index in [4.69, 9.17) is 5.73 Å². The molecule has 0 saturated heterocycles. The number of nitrogens with one attached hydrogen (secondary N) is 1. The van der Waals surface area contributed by atoms with Crippen molar-refractivity contribution in [3.05, 3.63) is 51.7 Å². The molecule has 0 radical (unpaired) electrons. The normalized spacial score (nSPS) is 13.0. The highest BCUT2D eigenvalue weighted by molar-refractivity contribution is 7.10. The number of carbonyl (C=O) groups excluding carboxylic acids is 1. The number of benzene rings is 1. The predicted molar refractivity (Wildman–Crippen MR) is 76.1 cm³/mol. The summed E-state index contributed by atoms with van der Waals surface area (Å²) in [5, 5.41) is 4.50. The molecule has 0 aliphatic carbocycles. The summed E-state index contributed by atoms with van der Waals surface area (Å²) in [7, 11) is 0. The van der Waals surface area contributed by atoms with Gasteiger partial charge >= 0.3 is 6.18 Å². The van der Waals surface area contributed by atoms with Crippen molar-refractivity contribution in [1.82, 2.24) is 5.32 Å². The van der Waals surface area contributed by atoms with Crippen LogP contribution in [0.5, 0.6) is 0 Å². The lowest BCUT2D eigenvalue weighted by Gasteiger charge is -2.16. The zero-order valence-electron chi connectivity index (χ0n) is 11.1. The Labute approximate surface area is 123 Å². The Morgan fingerprint density at radius 2 is 2.00 bits per heavy atom. The number of para-hydroxylation sites is 1. The minimum Gasteiger partial charge on any atom is -0.398 e. The average Bonchev–Trinajstić information content (AvgIpc) is 2.91. The van der Waals surface area contributed by atoms with Crippen LogP contribution in [0, 0.1) is 0 Å². The van der Waals surface area contributed by atoms with Gasteiger partial charge in [-0.3, -0.25) is 4.79 Å². The van der Waals surface area contributed by atoms with Crippen LogP contribution in [-0.2, 0) is 6.18 Å². The fourth-order valence-corrected chi connectivity index (χ4v) is 2.63. The Balaban J connectivity index is 2.24. The van der Waals surface area contributed by atoms with E-state index in [1.54, 1.807) is 6.92 Å². The molecular weight excluding hydrogens is 301 g/mol. The van der Waals surface area contributed by atoms with Crippen LogP contribution < -0.4 is 11.1 Å². The lowest BCUT2D eigenvalue weighted by Crippen LogP contribution is -2.27. The highest BCUT2D eigenvalue weighted by Gasteiger charge is 2.34. The van der Waals surface area contributed by atoms with Gasteiger partial charge in [-0.05, 0) is 30.5 Å². The first-order valence-electron chi connectivity index (χ1n) is 6.10. The molecular formula is C14H13F3N2OS. The van der Waals surface area contributed by atoms with Crippen molar-refractivity contribution in [3.63, 3.8) is 0 Å². The molecule has 1 heterocycles. The maximum Gasteiger partial charge on any atom is 0.418 e. The molecule has 0 spiro atoms.